The fourth-order valence-corrected chi connectivity index (χ4v) is 4.62. The molecule has 2 aromatic carbocycles. The predicted octanol–water partition coefficient (Wildman–Crippen LogP) is 6.05. The van der Waals surface area contributed by atoms with Gasteiger partial charge in [0.2, 0.25) is 0 Å². The van der Waals surface area contributed by atoms with E-state index in [1.807, 2.05) is 0 Å². The summed E-state index contributed by atoms with van der Waals surface area (Å²) in [6.07, 6.45) is -10.7. The summed E-state index contributed by atoms with van der Waals surface area (Å²) in [4.78, 5) is 25.5. The number of nitrogens with two attached hydrogens (primary N) is 2. The normalized spacial score (nSPS) is 12.0. The molecular formula is C28H20F8N8O2. The van der Waals surface area contributed by atoms with Crippen LogP contribution in [-0.2, 0) is 30.1 Å². The van der Waals surface area contributed by atoms with E-state index in [2.05, 4.69) is 24.8 Å². The third-order valence-corrected chi connectivity index (χ3v) is 6.64. The lowest BCUT2D eigenvalue weighted by atomic mass is 10.0. The summed E-state index contributed by atoms with van der Waals surface area (Å²) in [7, 11) is 0.902. The highest BCUT2D eigenvalue weighted by Gasteiger charge is 2.37. The van der Waals surface area contributed by atoms with Crippen molar-refractivity contribution >= 4 is 34.4 Å². The second-order valence-corrected chi connectivity index (χ2v) is 9.76. The van der Waals surface area contributed by atoms with Crippen LogP contribution in [0, 0.1) is 11.6 Å². The van der Waals surface area contributed by atoms with E-state index < -0.39 is 70.6 Å². The first-order chi connectivity index (χ1) is 21.6. The van der Waals surface area contributed by atoms with Crippen molar-refractivity contribution in [3.05, 3.63) is 94.3 Å². The second-order valence-electron chi connectivity index (χ2n) is 9.76. The molecule has 0 atom stereocenters. The summed E-state index contributed by atoms with van der Waals surface area (Å²) in [6.45, 7) is -0.927. The van der Waals surface area contributed by atoms with Crippen molar-refractivity contribution in [2.75, 3.05) is 23.5 Å². The van der Waals surface area contributed by atoms with Crippen molar-refractivity contribution in [1.29, 1.82) is 0 Å². The predicted molar refractivity (Wildman–Crippen MR) is 147 cm³/mol. The zero-order valence-corrected chi connectivity index (χ0v) is 23.3. The number of anilines is 3. The quantitative estimate of drug-likeness (QED) is 0.212. The van der Waals surface area contributed by atoms with Crippen LogP contribution in [0.1, 0.15) is 27.9 Å². The Labute approximate surface area is 253 Å². The van der Waals surface area contributed by atoms with Crippen molar-refractivity contribution in [3.8, 4) is 5.95 Å². The summed E-state index contributed by atoms with van der Waals surface area (Å²) in [5.74, 6) is -2.83. The standard InChI is InChI=1S/C28H20F8N8O2/c1-46-26(45)43(12-13-6-15(27(31,32)33)9-16(7-13)28(34,35)36)22-23(37)40-25(41-24(22)38)44-20-10-17(29)11-39-21(20)19(42-44)8-14-4-2-3-5-18(14)30/h2-7,9-11H,8,12H2,1H3,(H4,37,38,40,41). The van der Waals surface area contributed by atoms with E-state index in [0.717, 1.165) is 24.1 Å². The van der Waals surface area contributed by atoms with Crippen molar-refractivity contribution < 1.29 is 44.7 Å². The van der Waals surface area contributed by atoms with Crippen molar-refractivity contribution in [1.82, 2.24) is 24.7 Å². The lowest BCUT2D eigenvalue weighted by Crippen LogP contribution is -2.32. The average Bonchev–Trinajstić information content (AvgIpc) is 3.33. The maximum Gasteiger partial charge on any atom is 0.416 e. The molecule has 18 heteroatoms. The van der Waals surface area contributed by atoms with Crippen LogP contribution in [0.4, 0.5) is 57.2 Å². The summed E-state index contributed by atoms with van der Waals surface area (Å²) < 4.78 is 115. The fraction of sp³-hybridized carbons (Fsp3) is 0.179. The first-order valence-corrected chi connectivity index (χ1v) is 12.9. The van der Waals surface area contributed by atoms with Gasteiger partial charge in [-0.25, -0.2) is 18.6 Å². The van der Waals surface area contributed by atoms with Gasteiger partial charge in [0, 0.05) is 12.5 Å². The Hall–Kier alpha value is -5.55. The third-order valence-electron chi connectivity index (χ3n) is 6.64. The highest BCUT2D eigenvalue weighted by atomic mass is 19.4. The minimum Gasteiger partial charge on any atom is -0.452 e. The van der Waals surface area contributed by atoms with Crippen LogP contribution in [0.5, 0.6) is 0 Å². The van der Waals surface area contributed by atoms with Gasteiger partial charge < -0.3 is 16.2 Å². The summed E-state index contributed by atoms with van der Waals surface area (Å²) in [5.41, 5.74) is 8.47. The maximum absolute atomic E-state index is 14.4. The lowest BCUT2D eigenvalue weighted by molar-refractivity contribution is -0.143. The van der Waals surface area contributed by atoms with Crippen LogP contribution >= 0.6 is 0 Å². The molecule has 4 N–H and O–H groups in total. The van der Waals surface area contributed by atoms with Gasteiger partial charge in [-0.3, -0.25) is 4.90 Å². The molecule has 0 saturated heterocycles. The van der Waals surface area contributed by atoms with Gasteiger partial charge in [0.15, 0.2) is 11.6 Å². The number of nitrogens with zero attached hydrogens (tertiary/aromatic N) is 6. The molecule has 10 nitrogen and oxygen atoms in total. The monoisotopic (exact) mass is 652 g/mol. The molecule has 3 heterocycles. The molecule has 0 saturated carbocycles. The SMILES string of the molecule is COC(=O)N(Cc1cc(C(F)(F)F)cc(C(F)(F)F)c1)c1c(N)nc(-n2nc(Cc3ccccc3F)c3ncc(F)cc32)nc1N. The zero-order valence-electron chi connectivity index (χ0n) is 23.3. The molecular weight excluding hydrogens is 632 g/mol. The highest BCUT2D eigenvalue weighted by Crippen LogP contribution is 2.38. The van der Waals surface area contributed by atoms with E-state index in [9.17, 15) is 39.9 Å². The molecule has 0 aliphatic heterocycles. The number of hydrogen-bond acceptors (Lipinski definition) is 8. The van der Waals surface area contributed by atoms with Crippen LogP contribution in [0.15, 0.2) is 54.7 Å². The molecule has 5 aromatic rings. The maximum atomic E-state index is 14.4. The van der Waals surface area contributed by atoms with Crippen molar-refractivity contribution in [2.24, 2.45) is 0 Å². The van der Waals surface area contributed by atoms with E-state index in [4.69, 9.17) is 11.5 Å². The number of fused-ring (bicyclic) bond motifs is 1. The number of carbonyl (C=O) groups is 1. The molecule has 0 aliphatic rings. The Bertz CT molecular complexity index is 1900. The molecule has 5 rings (SSSR count). The Morgan fingerprint density at radius 1 is 0.935 bits per heavy atom. The number of aromatic nitrogens is 5. The average molecular weight is 653 g/mol. The van der Waals surface area contributed by atoms with Gasteiger partial charge in [0.1, 0.15) is 22.8 Å². The minimum atomic E-state index is -5.15. The Balaban J connectivity index is 1.60. The number of pyridine rings is 1. The summed E-state index contributed by atoms with van der Waals surface area (Å²) >= 11 is 0. The number of carbonyl (C=O) groups excluding carboxylic acids is 1. The molecule has 1 amide bonds. The van der Waals surface area contributed by atoms with Gasteiger partial charge in [-0.15, -0.1) is 0 Å². The second kappa shape index (κ2) is 11.8. The van der Waals surface area contributed by atoms with Gasteiger partial charge in [0.25, 0.3) is 5.95 Å². The number of rotatable bonds is 6. The number of methoxy groups -OCH3 is 1. The number of alkyl halides is 6. The third kappa shape index (κ3) is 6.31. The largest absolute Gasteiger partial charge is 0.452 e. The van der Waals surface area contributed by atoms with E-state index in [-0.39, 0.29) is 40.7 Å². The van der Waals surface area contributed by atoms with E-state index in [1.165, 1.54) is 18.2 Å². The Morgan fingerprint density at radius 2 is 1.54 bits per heavy atom. The van der Waals surface area contributed by atoms with Crippen molar-refractivity contribution in [2.45, 2.75) is 25.3 Å². The molecule has 240 valence electrons. The molecule has 0 radical (unpaired) electrons. The number of halogens is 8. The topological polar surface area (TPSA) is 138 Å². The first-order valence-electron chi connectivity index (χ1n) is 12.9. The van der Waals surface area contributed by atoms with E-state index in [0.29, 0.717) is 17.0 Å². The highest BCUT2D eigenvalue weighted by molar-refractivity contribution is 5.95. The first kappa shape index (κ1) is 31.9. The van der Waals surface area contributed by atoms with Gasteiger partial charge in [-0.2, -0.15) is 46.1 Å². The van der Waals surface area contributed by atoms with Gasteiger partial charge in [-0.05, 0) is 35.4 Å². The number of hydrogen-bond donors (Lipinski definition) is 2. The number of amides is 1. The van der Waals surface area contributed by atoms with Crippen LogP contribution in [0.25, 0.3) is 17.0 Å². The smallest absolute Gasteiger partial charge is 0.416 e. The van der Waals surface area contributed by atoms with E-state index in [1.54, 1.807) is 6.07 Å². The van der Waals surface area contributed by atoms with Gasteiger partial charge in [0.05, 0.1) is 42.2 Å². The molecule has 3 aromatic heterocycles. The van der Waals surface area contributed by atoms with Crippen LogP contribution < -0.4 is 16.4 Å². The van der Waals surface area contributed by atoms with E-state index >= 15 is 0 Å². The molecule has 0 spiro atoms. The van der Waals surface area contributed by atoms with Crippen LogP contribution in [0.2, 0.25) is 0 Å². The summed E-state index contributed by atoms with van der Waals surface area (Å²) in [6, 6.07) is 7.64. The molecule has 0 unspecified atom stereocenters. The lowest BCUT2D eigenvalue weighted by Gasteiger charge is -2.24. The van der Waals surface area contributed by atoms with Gasteiger partial charge in [-0.1, -0.05) is 18.2 Å². The van der Waals surface area contributed by atoms with Crippen molar-refractivity contribution in [3.63, 3.8) is 0 Å². The molecule has 0 fully saturated rings. The molecule has 46 heavy (non-hydrogen) atoms. The Kier molecular flexibility index (Phi) is 8.14. The van der Waals surface area contributed by atoms with Crippen LogP contribution in [0.3, 0.4) is 0 Å². The number of nitrogen functional groups attached to an aromatic ring is 2. The van der Waals surface area contributed by atoms with Gasteiger partial charge >= 0.3 is 18.4 Å². The van der Waals surface area contributed by atoms with Crippen LogP contribution in [-0.4, -0.2) is 37.9 Å². The molecule has 0 bridgehead atoms. The minimum absolute atomic E-state index is 0.0198. The fourth-order valence-electron chi connectivity index (χ4n) is 4.62. The molecule has 0 aliphatic carbocycles. The Morgan fingerprint density at radius 3 is 2.11 bits per heavy atom. The number of benzene rings is 2. The zero-order chi connectivity index (χ0) is 33.6. The summed E-state index contributed by atoms with van der Waals surface area (Å²) in [5, 5.41) is 4.34. The number of ether oxygens (including phenoxy) is 1.